The molecule has 0 bridgehead atoms. The monoisotopic (exact) mass is 487 g/mol. The zero-order chi connectivity index (χ0) is 24.5. The van der Waals surface area contributed by atoms with Crippen molar-refractivity contribution in [3.63, 3.8) is 0 Å². The van der Waals surface area contributed by atoms with E-state index in [1.807, 2.05) is 0 Å². The van der Waals surface area contributed by atoms with Crippen LogP contribution < -0.4 is 5.32 Å². The minimum Gasteiger partial charge on any atom is -0.340 e. The van der Waals surface area contributed by atoms with Gasteiger partial charge in [0, 0.05) is 44.4 Å². The lowest BCUT2D eigenvalue weighted by molar-refractivity contribution is -0.129. The Morgan fingerprint density at radius 1 is 1.06 bits per heavy atom. The molecule has 1 fully saturated rings. The maximum absolute atomic E-state index is 14.3. The van der Waals surface area contributed by atoms with Gasteiger partial charge in [0.25, 0.3) is 5.91 Å². The number of carbonyl (C=O) groups excluding carboxylic acids is 2. The number of sulfonamides is 1. The van der Waals surface area contributed by atoms with E-state index in [2.05, 4.69) is 20.8 Å². The van der Waals surface area contributed by atoms with Gasteiger partial charge in [0.05, 0.1) is 4.90 Å². The molecule has 0 spiro atoms. The summed E-state index contributed by atoms with van der Waals surface area (Å²) in [4.78, 5) is 25.9. The molecular formula is C21H22FN7O4S. The van der Waals surface area contributed by atoms with Gasteiger partial charge in [-0.25, -0.2) is 12.8 Å². The van der Waals surface area contributed by atoms with Crippen LogP contribution in [0.3, 0.4) is 0 Å². The molecule has 2 heterocycles. The highest BCUT2D eigenvalue weighted by atomic mass is 32.2. The molecule has 13 heteroatoms. The van der Waals surface area contributed by atoms with E-state index in [0.717, 1.165) is 0 Å². The number of benzene rings is 2. The van der Waals surface area contributed by atoms with E-state index >= 15 is 0 Å². The lowest BCUT2D eigenvalue weighted by Gasteiger charge is -2.33. The number of rotatable bonds is 5. The van der Waals surface area contributed by atoms with E-state index in [4.69, 9.17) is 0 Å². The van der Waals surface area contributed by atoms with Crippen LogP contribution in [0.25, 0.3) is 5.69 Å². The summed E-state index contributed by atoms with van der Waals surface area (Å²) < 4.78 is 42.9. The molecule has 1 aromatic heterocycles. The maximum Gasteiger partial charge on any atom is 0.255 e. The fourth-order valence-electron chi connectivity index (χ4n) is 3.60. The van der Waals surface area contributed by atoms with Crippen LogP contribution in [-0.4, -0.2) is 75.8 Å². The molecule has 1 saturated heterocycles. The van der Waals surface area contributed by atoms with Crippen molar-refractivity contribution >= 4 is 27.5 Å². The average molecular weight is 488 g/mol. The molecule has 34 heavy (non-hydrogen) atoms. The number of aryl methyl sites for hydroxylation is 1. The van der Waals surface area contributed by atoms with Gasteiger partial charge in [-0.05, 0) is 53.7 Å². The second kappa shape index (κ2) is 9.27. The zero-order valence-corrected chi connectivity index (χ0v) is 19.3. The number of nitrogens with one attached hydrogen (secondary N) is 1. The van der Waals surface area contributed by atoms with E-state index in [1.165, 1.54) is 58.4 Å². The normalized spacial score (nSPS) is 14.7. The van der Waals surface area contributed by atoms with Crippen molar-refractivity contribution < 1.29 is 22.4 Å². The molecule has 1 N–H and O–H groups in total. The molecule has 4 rings (SSSR count). The summed E-state index contributed by atoms with van der Waals surface area (Å²) in [6, 6.07) is 9.61. The molecule has 0 unspecified atom stereocenters. The predicted molar refractivity (Wildman–Crippen MR) is 119 cm³/mol. The number of hydrogen-bond acceptors (Lipinski definition) is 7. The molecular weight excluding hydrogens is 465 g/mol. The van der Waals surface area contributed by atoms with E-state index in [-0.39, 0.29) is 40.8 Å². The Balaban J connectivity index is 1.53. The molecule has 178 valence electrons. The van der Waals surface area contributed by atoms with Crippen molar-refractivity contribution in [3.8, 4) is 5.69 Å². The lowest BCUT2D eigenvalue weighted by Crippen LogP contribution is -2.49. The molecule has 0 aliphatic carbocycles. The Morgan fingerprint density at radius 3 is 2.44 bits per heavy atom. The van der Waals surface area contributed by atoms with Crippen molar-refractivity contribution in [2.75, 3.05) is 31.5 Å². The molecule has 2 aromatic carbocycles. The second-order valence-electron chi connectivity index (χ2n) is 7.70. The third kappa shape index (κ3) is 4.65. The Hall–Kier alpha value is -3.71. The van der Waals surface area contributed by atoms with Crippen molar-refractivity contribution in [1.82, 2.24) is 29.4 Å². The third-order valence-electron chi connectivity index (χ3n) is 5.48. The van der Waals surface area contributed by atoms with Gasteiger partial charge in [-0.2, -0.15) is 8.99 Å². The van der Waals surface area contributed by atoms with E-state index in [9.17, 15) is 22.4 Å². The summed E-state index contributed by atoms with van der Waals surface area (Å²) in [6.07, 6.45) is 0. The standard InChI is InChI=1S/C21H22FN7O4S/c1-14-24-25-26-29(14)20-13-17(6-7-19(20)22)23-21(31)16-4-3-5-18(12-16)34(32,33)28-10-8-27(9-11-28)15(2)30/h3-7,12-13H,8-11H2,1-2H3,(H,23,31). The smallest absolute Gasteiger partial charge is 0.255 e. The number of tetrazole rings is 1. The quantitative estimate of drug-likeness (QED) is 0.573. The van der Waals surface area contributed by atoms with Crippen LogP contribution in [-0.2, 0) is 14.8 Å². The van der Waals surface area contributed by atoms with Gasteiger partial charge in [0.1, 0.15) is 11.5 Å². The molecule has 0 atom stereocenters. The van der Waals surface area contributed by atoms with Crippen molar-refractivity contribution in [3.05, 3.63) is 59.7 Å². The first kappa shape index (κ1) is 23.4. The van der Waals surface area contributed by atoms with Crippen LogP contribution in [0.4, 0.5) is 10.1 Å². The van der Waals surface area contributed by atoms with Gasteiger partial charge in [-0.1, -0.05) is 6.07 Å². The number of halogens is 1. The largest absolute Gasteiger partial charge is 0.340 e. The van der Waals surface area contributed by atoms with Crippen LogP contribution in [0, 0.1) is 12.7 Å². The average Bonchev–Trinajstić information content (AvgIpc) is 3.26. The number of anilines is 1. The number of piperazine rings is 1. The maximum atomic E-state index is 14.3. The van der Waals surface area contributed by atoms with Crippen LogP contribution in [0.15, 0.2) is 47.4 Å². The summed E-state index contributed by atoms with van der Waals surface area (Å²) in [6.45, 7) is 4.02. The van der Waals surface area contributed by atoms with Gasteiger partial charge < -0.3 is 10.2 Å². The Kier molecular flexibility index (Phi) is 6.39. The third-order valence-corrected chi connectivity index (χ3v) is 7.37. The van der Waals surface area contributed by atoms with Gasteiger partial charge >= 0.3 is 0 Å². The minimum absolute atomic E-state index is 0.0273. The highest BCUT2D eigenvalue weighted by molar-refractivity contribution is 7.89. The number of nitrogens with zero attached hydrogens (tertiary/aromatic N) is 6. The summed E-state index contributed by atoms with van der Waals surface area (Å²) in [5.74, 6) is -0.880. The lowest BCUT2D eigenvalue weighted by atomic mass is 10.2. The fraction of sp³-hybridized carbons (Fsp3) is 0.286. The molecule has 0 radical (unpaired) electrons. The van der Waals surface area contributed by atoms with Crippen LogP contribution in [0.5, 0.6) is 0 Å². The molecule has 2 amide bonds. The Morgan fingerprint density at radius 2 is 1.79 bits per heavy atom. The first-order valence-electron chi connectivity index (χ1n) is 10.4. The van der Waals surface area contributed by atoms with E-state index < -0.39 is 21.7 Å². The summed E-state index contributed by atoms with van der Waals surface area (Å²) in [5.41, 5.74) is 0.458. The predicted octanol–water partition coefficient (Wildman–Crippen LogP) is 1.21. The van der Waals surface area contributed by atoms with Gasteiger partial charge in [0.2, 0.25) is 15.9 Å². The number of hydrogen-bond donors (Lipinski definition) is 1. The Labute approximate surface area is 195 Å². The topological polar surface area (TPSA) is 130 Å². The summed E-state index contributed by atoms with van der Waals surface area (Å²) in [5, 5.41) is 13.6. The van der Waals surface area contributed by atoms with Gasteiger partial charge in [0.15, 0.2) is 5.82 Å². The minimum atomic E-state index is -3.85. The van der Waals surface area contributed by atoms with Gasteiger partial charge in [-0.15, -0.1) is 5.10 Å². The second-order valence-corrected chi connectivity index (χ2v) is 9.63. The van der Waals surface area contributed by atoms with E-state index in [1.54, 1.807) is 11.8 Å². The summed E-state index contributed by atoms with van der Waals surface area (Å²) in [7, 11) is -3.85. The van der Waals surface area contributed by atoms with Crippen LogP contribution in [0.1, 0.15) is 23.1 Å². The molecule has 1 aliphatic rings. The number of amides is 2. The summed E-state index contributed by atoms with van der Waals surface area (Å²) >= 11 is 0. The highest BCUT2D eigenvalue weighted by Crippen LogP contribution is 2.22. The van der Waals surface area contributed by atoms with Crippen molar-refractivity contribution in [2.45, 2.75) is 18.7 Å². The molecule has 1 aliphatic heterocycles. The SMILES string of the molecule is CC(=O)N1CCN(S(=O)(=O)c2cccc(C(=O)Nc3ccc(F)c(-n4nnnc4C)c3)c2)CC1. The molecule has 0 saturated carbocycles. The number of aromatic nitrogens is 4. The first-order valence-corrected chi connectivity index (χ1v) is 11.8. The molecule has 11 nitrogen and oxygen atoms in total. The first-order chi connectivity index (χ1) is 16.2. The molecule has 3 aromatic rings. The Bertz CT molecular complexity index is 1350. The zero-order valence-electron chi connectivity index (χ0n) is 18.5. The van der Waals surface area contributed by atoms with Crippen LogP contribution >= 0.6 is 0 Å². The van der Waals surface area contributed by atoms with Crippen LogP contribution in [0.2, 0.25) is 0 Å². The number of carbonyl (C=O) groups is 2. The van der Waals surface area contributed by atoms with Crippen molar-refractivity contribution in [1.29, 1.82) is 0 Å². The van der Waals surface area contributed by atoms with Crippen molar-refractivity contribution in [2.24, 2.45) is 0 Å². The fourth-order valence-corrected chi connectivity index (χ4v) is 5.07. The van der Waals surface area contributed by atoms with E-state index in [0.29, 0.717) is 18.9 Å². The highest BCUT2D eigenvalue weighted by Gasteiger charge is 2.29. The van der Waals surface area contributed by atoms with Gasteiger partial charge in [-0.3, -0.25) is 9.59 Å².